The van der Waals surface area contributed by atoms with E-state index in [2.05, 4.69) is 4.79 Å². The first-order valence-corrected chi connectivity index (χ1v) is 19.1. The minimum Gasteiger partial charge on any atom is -0.493 e. The van der Waals surface area contributed by atoms with Crippen LogP contribution in [0, 0.1) is 0 Å². The fraction of sp³-hybridized carbons (Fsp3) is 0.606. The third-order valence-electron chi connectivity index (χ3n) is 7.16. The topological polar surface area (TPSA) is 142 Å². The van der Waals surface area contributed by atoms with E-state index >= 15 is 0 Å². The molecule has 2 rings (SSSR count). The monoisotopic (exact) mass is 666 g/mol. The molecule has 0 aliphatic heterocycles. The number of benzene rings is 2. The van der Waals surface area contributed by atoms with Crippen LogP contribution in [0.2, 0.25) is 0 Å². The number of sulfone groups is 2. The summed E-state index contributed by atoms with van der Waals surface area (Å²) in [4.78, 5) is 2.07. The van der Waals surface area contributed by atoms with Crippen molar-refractivity contribution in [3.8, 4) is 23.0 Å². The van der Waals surface area contributed by atoms with Gasteiger partial charge >= 0.3 is 4.38 Å². The Kier molecular flexibility index (Phi) is 15.9. The van der Waals surface area contributed by atoms with Crippen LogP contribution in [-0.4, -0.2) is 52.4 Å². The summed E-state index contributed by atoms with van der Waals surface area (Å²) >= 11 is 0. The number of hydrogen-bond acceptors (Lipinski definition) is 8. The van der Waals surface area contributed by atoms with E-state index < -0.39 is 33.8 Å². The molecule has 0 radical (unpaired) electrons. The summed E-state index contributed by atoms with van der Waals surface area (Å²) in [5, 5.41) is 0. The predicted molar refractivity (Wildman–Crippen MR) is 176 cm³/mol. The van der Waals surface area contributed by atoms with E-state index in [-0.39, 0.29) is 24.7 Å². The molecule has 0 unspecified atom stereocenters. The van der Waals surface area contributed by atoms with E-state index in [1.165, 1.54) is 24.3 Å². The van der Waals surface area contributed by atoms with Gasteiger partial charge in [0, 0.05) is 12.1 Å². The van der Waals surface area contributed by atoms with Crippen LogP contribution < -0.4 is 18.9 Å². The first-order chi connectivity index (χ1) is 21.6. The van der Waals surface area contributed by atoms with Crippen molar-refractivity contribution in [2.24, 2.45) is 0 Å². The minimum absolute atomic E-state index is 0.0724. The summed E-state index contributed by atoms with van der Waals surface area (Å²) in [6.45, 7) is 12.9. The Morgan fingerprint density at radius 2 is 0.867 bits per heavy atom. The average Bonchev–Trinajstić information content (AvgIpc) is 3.01. The third-order valence-corrected chi connectivity index (χ3v) is 11.4. The van der Waals surface area contributed by atoms with Gasteiger partial charge in [-0.2, -0.15) is 0 Å². The van der Waals surface area contributed by atoms with Gasteiger partial charge in [-0.1, -0.05) is 67.2 Å². The van der Waals surface area contributed by atoms with Gasteiger partial charge in [-0.15, -0.1) is 4.79 Å². The third kappa shape index (κ3) is 9.95. The zero-order valence-electron chi connectivity index (χ0n) is 27.7. The lowest BCUT2D eigenvalue weighted by atomic mass is 10.1. The predicted octanol–water partition coefficient (Wildman–Crippen LogP) is 7.36. The number of rotatable bonds is 20. The Balaban J connectivity index is 2.77. The number of aryl methyl sites for hydroxylation is 2. The maximum Gasteiger partial charge on any atom is 0.504 e. The first kappa shape index (κ1) is 38.1. The number of ether oxygens (including phenoxy) is 4. The van der Waals surface area contributed by atoms with Gasteiger partial charge in [-0.05, 0) is 61.8 Å². The lowest BCUT2D eigenvalue weighted by Gasteiger charge is -2.18. The molecule has 0 heterocycles. The van der Waals surface area contributed by atoms with Gasteiger partial charge in [0.1, 0.15) is 32.8 Å². The highest BCUT2D eigenvalue weighted by molar-refractivity contribution is 8.31. The minimum atomic E-state index is -4.94. The zero-order chi connectivity index (χ0) is 33.5. The molecule has 0 saturated heterocycles. The summed E-state index contributed by atoms with van der Waals surface area (Å²) in [6.07, 6.45) is 7.14. The number of nitrogens with zero attached hydrogens (tertiary/aromatic N) is 2. The van der Waals surface area contributed by atoms with Crippen molar-refractivity contribution in [3.05, 3.63) is 40.9 Å². The number of unbranched alkanes of at least 4 members (excludes halogenated alkanes) is 4. The fourth-order valence-corrected chi connectivity index (χ4v) is 8.03. The Labute approximate surface area is 269 Å². The molecule has 0 aliphatic carbocycles. The van der Waals surface area contributed by atoms with Crippen LogP contribution in [0.25, 0.3) is 5.53 Å². The molecule has 12 heteroatoms. The van der Waals surface area contributed by atoms with Gasteiger partial charge in [0.25, 0.3) is 19.7 Å². The second-order valence-electron chi connectivity index (χ2n) is 10.7. The van der Waals surface area contributed by atoms with Crippen molar-refractivity contribution >= 4 is 24.1 Å². The van der Waals surface area contributed by atoms with Crippen LogP contribution in [0.5, 0.6) is 23.0 Å². The van der Waals surface area contributed by atoms with E-state index in [0.717, 1.165) is 38.5 Å². The van der Waals surface area contributed by atoms with Crippen molar-refractivity contribution in [2.75, 3.05) is 26.4 Å². The van der Waals surface area contributed by atoms with Crippen molar-refractivity contribution in [1.82, 2.24) is 0 Å². The Morgan fingerprint density at radius 3 is 1.13 bits per heavy atom. The van der Waals surface area contributed by atoms with Gasteiger partial charge in [0.15, 0.2) is 0 Å². The molecule has 0 aromatic heterocycles. The maximum absolute atomic E-state index is 14.2. The van der Waals surface area contributed by atoms with Gasteiger partial charge in [0.2, 0.25) is 0 Å². The van der Waals surface area contributed by atoms with Crippen LogP contribution in [0.1, 0.15) is 104 Å². The zero-order valence-corrected chi connectivity index (χ0v) is 29.3. The first-order valence-electron chi connectivity index (χ1n) is 16.1. The standard InChI is InChI=1S/C33H50N2O8S2/c1-7-13-17-40-27-23-29(42-19-15-9-3)31(21-25(27)11-5)44(36,37)33(35-34)45(38,39)32-22-26(12-6)28(41-18-14-8-2)24-30(32)43-20-16-10-4/h21-24H,7-20H2,1-6H3. The highest BCUT2D eigenvalue weighted by Crippen LogP contribution is 2.38. The van der Waals surface area contributed by atoms with E-state index in [0.29, 0.717) is 61.5 Å². The summed E-state index contributed by atoms with van der Waals surface area (Å²) in [6, 6.07) is 5.66. The Hall–Kier alpha value is -3.08. The van der Waals surface area contributed by atoms with E-state index in [1.54, 1.807) is 0 Å². The van der Waals surface area contributed by atoms with Crippen LogP contribution in [0.4, 0.5) is 0 Å². The van der Waals surface area contributed by atoms with Gasteiger partial charge in [-0.3, -0.25) is 0 Å². The lowest BCUT2D eigenvalue weighted by Crippen LogP contribution is -2.27. The molecule has 252 valence electrons. The fourth-order valence-electron chi connectivity index (χ4n) is 4.38. The van der Waals surface area contributed by atoms with Crippen molar-refractivity contribution in [2.45, 2.75) is 116 Å². The summed E-state index contributed by atoms with van der Waals surface area (Å²) in [7, 11) is -9.89. The van der Waals surface area contributed by atoms with Crippen molar-refractivity contribution < 1.29 is 40.6 Å². The molecular weight excluding hydrogens is 617 g/mol. The van der Waals surface area contributed by atoms with E-state index in [4.69, 9.17) is 18.9 Å². The Bertz CT molecular complexity index is 1410. The van der Waals surface area contributed by atoms with Crippen molar-refractivity contribution in [3.63, 3.8) is 0 Å². The van der Waals surface area contributed by atoms with Crippen LogP contribution in [0.3, 0.4) is 0 Å². The van der Waals surface area contributed by atoms with Crippen LogP contribution in [-0.2, 0) is 32.5 Å². The SMILES string of the molecule is CCCCOc1cc(OCCCC)c(S(=O)(=O)C(=[N+]=[N-])S(=O)(=O)c2cc(CC)c(OCCCC)cc2OCCCC)cc1CC. The largest absolute Gasteiger partial charge is 0.504 e. The molecule has 0 atom stereocenters. The van der Waals surface area contributed by atoms with E-state index in [1.807, 2.05) is 41.5 Å². The quantitative estimate of drug-likeness (QED) is 0.0469. The summed E-state index contributed by atoms with van der Waals surface area (Å²) in [5.41, 5.74) is 11.2. The normalized spacial score (nSPS) is 11.6. The van der Waals surface area contributed by atoms with Crippen LogP contribution >= 0.6 is 0 Å². The molecule has 0 saturated carbocycles. The average molecular weight is 667 g/mol. The molecule has 45 heavy (non-hydrogen) atoms. The highest BCUT2D eigenvalue weighted by atomic mass is 32.3. The lowest BCUT2D eigenvalue weighted by molar-refractivity contribution is 0.00377. The smallest absolute Gasteiger partial charge is 0.493 e. The van der Waals surface area contributed by atoms with Gasteiger partial charge < -0.3 is 24.5 Å². The molecule has 0 bridgehead atoms. The van der Waals surface area contributed by atoms with Crippen molar-refractivity contribution in [1.29, 1.82) is 0 Å². The highest BCUT2D eigenvalue weighted by Gasteiger charge is 2.47. The summed E-state index contributed by atoms with van der Waals surface area (Å²) in [5.74, 6) is 0.771. The molecule has 0 N–H and O–H groups in total. The molecule has 0 amide bonds. The molecule has 10 nitrogen and oxygen atoms in total. The second kappa shape index (κ2) is 18.8. The van der Waals surface area contributed by atoms with Gasteiger partial charge in [0.05, 0.1) is 26.4 Å². The van der Waals surface area contributed by atoms with E-state index in [9.17, 15) is 22.4 Å². The molecule has 2 aromatic rings. The van der Waals surface area contributed by atoms with Crippen LogP contribution in [0.15, 0.2) is 34.1 Å². The van der Waals surface area contributed by atoms with Gasteiger partial charge in [-0.25, -0.2) is 16.8 Å². The summed E-state index contributed by atoms with van der Waals surface area (Å²) < 4.78 is 79.0. The maximum atomic E-state index is 14.2. The molecule has 0 fully saturated rings. The number of hydrogen-bond donors (Lipinski definition) is 0. The second-order valence-corrected chi connectivity index (χ2v) is 14.6. The molecule has 2 aromatic carbocycles. The molecule has 0 aliphatic rings. The Morgan fingerprint density at radius 1 is 0.556 bits per heavy atom. The molecule has 0 spiro atoms. The molecular formula is C33H50N2O8S2.